The molecule has 1 heterocycles. The molecule has 0 aromatic heterocycles. The number of phenols is 1. The Kier molecular flexibility index (Phi) is 7.27. The molecule has 0 bridgehead atoms. The van der Waals surface area contributed by atoms with Crippen LogP contribution in [0.3, 0.4) is 0 Å². The molecule has 0 amide bonds. The molecule has 1 fully saturated rings. The van der Waals surface area contributed by atoms with Gasteiger partial charge in [0.15, 0.2) is 5.78 Å². The van der Waals surface area contributed by atoms with Gasteiger partial charge in [-0.25, -0.2) is 0 Å². The van der Waals surface area contributed by atoms with Crippen molar-refractivity contribution in [3.63, 3.8) is 0 Å². The highest BCUT2D eigenvalue weighted by Crippen LogP contribution is 2.50. The summed E-state index contributed by atoms with van der Waals surface area (Å²) >= 11 is 0. The first-order valence-electron chi connectivity index (χ1n) is 13.4. The minimum absolute atomic E-state index is 0.105. The first kappa shape index (κ1) is 28.7. The Morgan fingerprint density at radius 3 is 1.61 bits per heavy atom. The molecule has 200 valence electrons. The van der Waals surface area contributed by atoms with E-state index in [0.717, 1.165) is 35.4 Å². The van der Waals surface area contributed by atoms with Gasteiger partial charge in [-0.1, -0.05) is 89.2 Å². The molecule has 0 spiro atoms. The Bertz CT molecular complexity index is 1040. The van der Waals surface area contributed by atoms with Gasteiger partial charge >= 0.3 is 0 Å². The van der Waals surface area contributed by atoms with Crippen molar-refractivity contribution < 1.29 is 14.6 Å². The van der Waals surface area contributed by atoms with E-state index in [4.69, 9.17) is 4.74 Å². The lowest BCUT2D eigenvalue weighted by molar-refractivity contribution is -0.114. The molecule has 1 aliphatic carbocycles. The number of Topliss-reactive ketones (excluding diaryl/α,β-unsaturated/α-hetero) is 1. The second kappa shape index (κ2) is 9.13. The van der Waals surface area contributed by atoms with Gasteiger partial charge < -0.3 is 9.84 Å². The van der Waals surface area contributed by atoms with Crippen LogP contribution >= 0.6 is 0 Å². The third-order valence-electron chi connectivity index (χ3n) is 7.58. The zero-order chi connectivity index (χ0) is 27.5. The van der Waals surface area contributed by atoms with E-state index >= 15 is 0 Å². The van der Waals surface area contributed by atoms with Crippen LogP contribution < -0.4 is 0 Å². The van der Waals surface area contributed by atoms with Crippen LogP contribution in [0.15, 0.2) is 35.4 Å². The van der Waals surface area contributed by atoms with Crippen LogP contribution in [0.4, 0.5) is 0 Å². The van der Waals surface area contributed by atoms with Gasteiger partial charge in [0.2, 0.25) is 0 Å². The highest BCUT2D eigenvalue weighted by molar-refractivity contribution is 6.11. The molecule has 3 rings (SSSR count). The van der Waals surface area contributed by atoms with Gasteiger partial charge in [-0.2, -0.15) is 0 Å². The van der Waals surface area contributed by atoms with Crippen molar-refractivity contribution in [3.05, 3.63) is 52.1 Å². The van der Waals surface area contributed by atoms with E-state index in [1.165, 1.54) is 5.56 Å². The molecular formula is C32H49NO3. The molecule has 1 saturated heterocycles. The van der Waals surface area contributed by atoms with Crippen LogP contribution in [0.5, 0.6) is 5.75 Å². The van der Waals surface area contributed by atoms with E-state index in [9.17, 15) is 9.90 Å². The monoisotopic (exact) mass is 495 g/mol. The first-order valence-corrected chi connectivity index (χ1v) is 13.4. The normalized spacial score (nSPS) is 20.3. The maximum atomic E-state index is 13.9. The van der Waals surface area contributed by atoms with Crippen LogP contribution in [0, 0.1) is 10.8 Å². The van der Waals surface area contributed by atoms with E-state index in [0.29, 0.717) is 19.0 Å². The Labute approximate surface area is 219 Å². The fourth-order valence-corrected chi connectivity index (χ4v) is 5.26. The number of aromatic hydroxyl groups is 1. The van der Waals surface area contributed by atoms with Crippen molar-refractivity contribution in [2.75, 3.05) is 26.3 Å². The molecule has 1 aromatic carbocycles. The first-order chi connectivity index (χ1) is 16.2. The summed E-state index contributed by atoms with van der Waals surface area (Å²) in [5, 5.41) is 12.0. The molecule has 0 atom stereocenters. The largest absolute Gasteiger partial charge is 0.507 e. The fourth-order valence-electron chi connectivity index (χ4n) is 5.26. The number of ketones is 1. The number of nitrogens with zero attached hydrogens (tertiary/aromatic N) is 1. The number of rotatable bonds is 2. The highest BCUT2D eigenvalue weighted by Gasteiger charge is 2.47. The van der Waals surface area contributed by atoms with Gasteiger partial charge in [0.25, 0.3) is 0 Å². The van der Waals surface area contributed by atoms with Crippen molar-refractivity contribution >= 4 is 5.78 Å². The van der Waals surface area contributed by atoms with Crippen molar-refractivity contribution in [2.24, 2.45) is 10.8 Å². The predicted molar refractivity (Wildman–Crippen MR) is 150 cm³/mol. The molecule has 1 aliphatic heterocycles. The molecule has 0 saturated carbocycles. The van der Waals surface area contributed by atoms with E-state index in [1.54, 1.807) is 0 Å². The molecule has 4 heteroatoms. The maximum absolute atomic E-state index is 13.9. The summed E-state index contributed by atoms with van der Waals surface area (Å²) in [5.41, 5.74) is 2.79. The van der Waals surface area contributed by atoms with Crippen LogP contribution in [0.1, 0.15) is 99.8 Å². The summed E-state index contributed by atoms with van der Waals surface area (Å²) in [4.78, 5) is 16.3. The summed E-state index contributed by atoms with van der Waals surface area (Å²) in [6.07, 6.45) is 4.31. The number of ether oxygens (including phenoxy) is 1. The summed E-state index contributed by atoms with van der Waals surface area (Å²) in [6.45, 7) is 28.4. The van der Waals surface area contributed by atoms with Gasteiger partial charge in [-0.05, 0) is 51.0 Å². The smallest absolute Gasteiger partial charge is 0.185 e. The molecule has 0 radical (unpaired) electrons. The topological polar surface area (TPSA) is 49.8 Å². The molecule has 1 N–H and O–H groups in total. The number of morpholine rings is 1. The lowest BCUT2D eigenvalue weighted by Gasteiger charge is -2.48. The zero-order valence-corrected chi connectivity index (χ0v) is 24.8. The van der Waals surface area contributed by atoms with E-state index in [2.05, 4.69) is 112 Å². The second-order valence-electron chi connectivity index (χ2n) is 14.8. The Morgan fingerprint density at radius 1 is 0.750 bits per heavy atom. The highest BCUT2D eigenvalue weighted by atomic mass is 16.5. The molecule has 36 heavy (non-hydrogen) atoms. The third-order valence-corrected chi connectivity index (χ3v) is 7.58. The third kappa shape index (κ3) is 5.36. The predicted octanol–water partition coefficient (Wildman–Crippen LogP) is 7.04. The summed E-state index contributed by atoms with van der Waals surface area (Å²) in [7, 11) is 0. The number of benzene rings is 1. The maximum Gasteiger partial charge on any atom is 0.185 e. The van der Waals surface area contributed by atoms with Crippen LogP contribution in [-0.2, 0) is 25.9 Å². The molecular weight excluding hydrogens is 446 g/mol. The van der Waals surface area contributed by atoms with Crippen LogP contribution in [0.2, 0.25) is 0 Å². The average molecular weight is 496 g/mol. The lowest BCUT2D eigenvalue weighted by Crippen LogP contribution is -2.52. The number of phenolic OH excluding ortho intramolecular Hbond substituents is 1. The standard InChI is InChI=1S/C32H49NO3/c1-28(2,3)21-17-22(29(4,5)6)26(34)23(18-21)32(33-13-15-36-16-14-33)19-24(30(7,8)9)27(35)25(20-32)31(10,11)12/h17-20,34H,13-16H2,1-12H3. The van der Waals surface area contributed by atoms with E-state index < -0.39 is 5.54 Å². The van der Waals surface area contributed by atoms with Gasteiger partial charge in [0, 0.05) is 29.8 Å². The fraction of sp³-hybridized carbons (Fsp3) is 0.656. The van der Waals surface area contributed by atoms with Crippen molar-refractivity contribution in [2.45, 2.75) is 99.5 Å². The zero-order valence-electron chi connectivity index (χ0n) is 24.8. The van der Waals surface area contributed by atoms with E-state index in [1.807, 2.05) is 0 Å². The number of hydrogen-bond donors (Lipinski definition) is 1. The van der Waals surface area contributed by atoms with Crippen LogP contribution in [0.25, 0.3) is 0 Å². The molecule has 1 aromatic rings. The van der Waals surface area contributed by atoms with Crippen molar-refractivity contribution in [1.82, 2.24) is 4.90 Å². The second-order valence-corrected chi connectivity index (χ2v) is 14.8. The van der Waals surface area contributed by atoms with Gasteiger partial charge in [-0.15, -0.1) is 0 Å². The van der Waals surface area contributed by atoms with Gasteiger partial charge in [0.05, 0.1) is 18.8 Å². The number of carbonyl (C=O) groups excluding carboxylic acids is 1. The quantitative estimate of drug-likeness (QED) is 0.478. The van der Waals surface area contributed by atoms with E-state index in [-0.39, 0.29) is 27.4 Å². The Morgan fingerprint density at radius 2 is 1.22 bits per heavy atom. The molecule has 4 nitrogen and oxygen atoms in total. The Balaban J connectivity index is 2.54. The molecule has 2 aliphatic rings. The average Bonchev–Trinajstić information content (AvgIpc) is 2.71. The van der Waals surface area contributed by atoms with Gasteiger partial charge in [-0.3, -0.25) is 9.69 Å². The minimum Gasteiger partial charge on any atom is -0.507 e. The van der Waals surface area contributed by atoms with Crippen molar-refractivity contribution in [3.8, 4) is 5.75 Å². The molecule has 0 unspecified atom stereocenters. The Hall–Kier alpha value is -1.91. The number of hydrogen-bond acceptors (Lipinski definition) is 4. The number of allylic oxidation sites excluding steroid dienone is 2. The summed E-state index contributed by atoms with van der Waals surface area (Å²) < 4.78 is 5.75. The van der Waals surface area contributed by atoms with Gasteiger partial charge in [0.1, 0.15) is 5.75 Å². The summed E-state index contributed by atoms with van der Waals surface area (Å²) in [6, 6.07) is 4.35. The lowest BCUT2D eigenvalue weighted by atomic mass is 9.66. The summed E-state index contributed by atoms with van der Waals surface area (Å²) in [5.74, 6) is 0.437. The van der Waals surface area contributed by atoms with Crippen LogP contribution in [-0.4, -0.2) is 42.1 Å². The number of carbonyl (C=O) groups is 1. The SMILES string of the molecule is CC(C)(C)C1=CC(c2cc(C(C)(C)C)cc(C(C)(C)C)c2O)(N2CCOCC2)C=C(C(C)(C)C)C1=O. The minimum atomic E-state index is -0.756. The van der Waals surface area contributed by atoms with Crippen molar-refractivity contribution in [1.29, 1.82) is 0 Å².